The largest absolute Gasteiger partial charge is 0.493 e. The summed E-state index contributed by atoms with van der Waals surface area (Å²) in [6.07, 6.45) is 2.61. The van der Waals surface area contributed by atoms with Crippen molar-refractivity contribution in [2.24, 2.45) is 0 Å². The van der Waals surface area contributed by atoms with Gasteiger partial charge in [-0.1, -0.05) is 42.5 Å². The van der Waals surface area contributed by atoms with E-state index in [1.165, 1.54) is 5.56 Å². The van der Waals surface area contributed by atoms with E-state index in [1.807, 2.05) is 42.5 Å². The summed E-state index contributed by atoms with van der Waals surface area (Å²) in [5, 5.41) is 0.942. The molecule has 0 saturated carbocycles. The smallest absolute Gasteiger partial charge is 0.162 e. The molecular formula is C26H25N3O3. The molecule has 0 unspecified atom stereocenters. The van der Waals surface area contributed by atoms with Gasteiger partial charge < -0.3 is 19.1 Å². The van der Waals surface area contributed by atoms with E-state index in [-0.39, 0.29) is 6.10 Å². The van der Waals surface area contributed by atoms with Crippen molar-refractivity contribution in [3.8, 4) is 28.4 Å². The number of ether oxygens (including phenoxy) is 3. The highest BCUT2D eigenvalue weighted by Gasteiger charge is 2.27. The van der Waals surface area contributed by atoms with Crippen molar-refractivity contribution in [3.63, 3.8) is 0 Å². The minimum Gasteiger partial charge on any atom is -0.493 e. The zero-order valence-corrected chi connectivity index (χ0v) is 18.2. The Morgan fingerprint density at radius 1 is 0.844 bits per heavy atom. The summed E-state index contributed by atoms with van der Waals surface area (Å²) in [6.45, 7) is 1.62. The Bertz CT molecular complexity index is 1230. The quantitative estimate of drug-likeness (QED) is 0.433. The van der Waals surface area contributed by atoms with Crippen molar-refractivity contribution in [3.05, 3.63) is 73.1 Å². The number of benzene rings is 3. The van der Waals surface area contributed by atoms with Crippen molar-refractivity contribution >= 4 is 16.7 Å². The second kappa shape index (κ2) is 8.75. The minimum atomic E-state index is 0.0891. The number of hydrogen-bond acceptors (Lipinski definition) is 6. The van der Waals surface area contributed by atoms with Gasteiger partial charge in [0.2, 0.25) is 0 Å². The second-order valence-electron chi connectivity index (χ2n) is 7.79. The third kappa shape index (κ3) is 3.91. The molecule has 6 nitrogen and oxygen atoms in total. The summed E-state index contributed by atoms with van der Waals surface area (Å²) in [5.74, 6) is 3.10. The van der Waals surface area contributed by atoms with Gasteiger partial charge in [0.1, 0.15) is 24.0 Å². The first-order chi connectivity index (χ1) is 15.7. The minimum absolute atomic E-state index is 0.0891. The number of hydrogen-bond donors (Lipinski definition) is 0. The van der Waals surface area contributed by atoms with Gasteiger partial charge in [0, 0.05) is 24.4 Å². The Hall–Kier alpha value is -3.80. The molecule has 1 aliphatic heterocycles. The van der Waals surface area contributed by atoms with Crippen molar-refractivity contribution in [2.45, 2.75) is 12.5 Å². The monoisotopic (exact) mass is 427 g/mol. The average Bonchev–Trinajstić information content (AvgIpc) is 3.31. The van der Waals surface area contributed by atoms with Crippen molar-refractivity contribution in [2.75, 3.05) is 32.2 Å². The highest BCUT2D eigenvalue weighted by molar-refractivity contribution is 5.92. The number of nitrogens with zero attached hydrogens (tertiary/aromatic N) is 3. The van der Waals surface area contributed by atoms with Crippen LogP contribution in [0.5, 0.6) is 17.2 Å². The molecular weight excluding hydrogens is 402 g/mol. The summed E-state index contributed by atoms with van der Waals surface area (Å²) in [5.41, 5.74) is 3.16. The van der Waals surface area contributed by atoms with Gasteiger partial charge in [0.15, 0.2) is 11.5 Å². The molecule has 1 atom stereocenters. The zero-order chi connectivity index (χ0) is 21.9. The summed E-state index contributed by atoms with van der Waals surface area (Å²) in [4.78, 5) is 11.2. The van der Waals surface area contributed by atoms with E-state index in [4.69, 9.17) is 14.2 Å². The Morgan fingerprint density at radius 3 is 2.44 bits per heavy atom. The van der Waals surface area contributed by atoms with E-state index < -0.39 is 0 Å². The molecule has 0 N–H and O–H groups in total. The van der Waals surface area contributed by atoms with Crippen LogP contribution in [0.4, 0.5) is 5.82 Å². The van der Waals surface area contributed by atoms with Crippen LogP contribution in [0.1, 0.15) is 6.42 Å². The molecule has 1 aromatic heterocycles. The van der Waals surface area contributed by atoms with Crippen LogP contribution in [0.3, 0.4) is 0 Å². The van der Waals surface area contributed by atoms with Crippen LogP contribution in [0.25, 0.3) is 22.0 Å². The maximum absolute atomic E-state index is 6.35. The van der Waals surface area contributed by atoms with Gasteiger partial charge >= 0.3 is 0 Å². The van der Waals surface area contributed by atoms with Crippen molar-refractivity contribution < 1.29 is 14.2 Å². The fraction of sp³-hybridized carbons (Fsp3) is 0.231. The average molecular weight is 428 g/mol. The molecule has 0 radical (unpaired) electrons. The lowest BCUT2D eigenvalue weighted by Gasteiger charge is -2.20. The molecule has 162 valence electrons. The van der Waals surface area contributed by atoms with E-state index >= 15 is 0 Å². The molecule has 3 aromatic carbocycles. The molecule has 6 heteroatoms. The molecule has 1 fully saturated rings. The number of fused-ring (bicyclic) bond motifs is 1. The standard InChI is InChI=1S/C26H25N3O3/c1-30-24-14-22-23(15-25(24)31-2)27-17-28-26(22)29-12-11-21(16-29)32-20-10-6-9-19(13-20)18-7-4-3-5-8-18/h3-10,13-15,17,21H,11-12,16H2,1-2H3/t21-/m1/s1. The summed E-state index contributed by atoms with van der Waals surface area (Å²) >= 11 is 0. The first-order valence-corrected chi connectivity index (χ1v) is 10.7. The maximum Gasteiger partial charge on any atom is 0.162 e. The summed E-state index contributed by atoms with van der Waals surface area (Å²) in [7, 11) is 3.26. The molecule has 4 aromatic rings. The molecule has 1 aliphatic rings. The normalized spacial score (nSPS) is 15.7. The molecule has 0 bridgehead atoms. The van der Waals surface area contributed by atoms with Crippen LogP contribution in [0.15, 0.2) is 73.1 Å². The molecule has 32 heavy (non-hydrogen) atoms. The van der Waals surface area contributed by atoms with Crippen LogP contribution in [-0.2, 0) is 0 Å². The van der Waals surface area contributed by atoms with Crippen LogP contribution in [0.2, 0.25) is 0 Å². The Kier molecular flexibility index (Phi) is 5.50. The number of anilines is 1. The topological polar surface area (TPSA) is 56.7 Å². The van der Waals surface area contributed by atoms with Crippen LogP contribution in [0, 0.1) is 0 Å². The predicted molar refractivity (Wildman–Crippen MR) is 126 cm³/mol. The van der Waals surface area contributed by atoms with E-state index in [9.17, 15) is 0 Å². The fourth-order valence-electron chi connectivity index (χ4n) is 4.21. The van der Waals surface area contributed by atoms with E-state index in [2.05, 4.69) is 39.1 Å². The molecule has 1 saturated heterocycles. The lowest BCUT2D eigenvalue weighted by Crippen LogP contribution is -2.25. The number of rotatable bonds is 6. The first-order valence-electron chi connectivity index (χ1n) is 10.7. The van der Waals surface area contributed by atoms with Gasteiger partial charge in [-0.2, -0.15) is 0 Å². The summed E-state index contributed by atoms with van der Waals surface area (Å²) < 4.78 is 17.3. The van der Waals surface area contributed by atoms with Crippen molar-refractivity contribution in [1.82, 2.24) is 9.97 Å². The second-order valence-corrected chi connectivity index (χ2v) is 7.79. The molecule has 2 heterocycles. The lowest BCUT2D eigenvalue weighted by molar-refractivity contribution is 0.225. The highest BCUT2D eigenvalue weighted by atomic mass is 16.5. The van der Waals surface area contributed by atoms with Gasteiger partial charge in [-0.15, -0.1) is 0 Å². The predicted octanol–water partition coefficient (Wildman–Crippen LogP) is 4.97. The third-order valence-electron chi connectivity index (χ3n) is 5.81. The highest BCUT2D eigenvalue weighted by Crippen LogP contribution is 2.36. The summed E-state index contributed by atoms with van der Waals surface area (Å²) in [6, 6.07) is 22.5. The maximum atomic E-state index is 6.35. The van der Waals surface area contributed by atoms with Gasteiger partial charge in [-0.3, -0.25) is 0 Å². The van der Waals surface area contributed by atoms with E-state index in [0.717, 1.165) is 47.5 Å². The SMILES string of the molecule is COc1cc2ncnc(N3CC[C@@H](Oc4cccc(-c5ccccc5)c4)C3)c2cc1OC. The van der Waals surface area contributed by atoms with Crippen LogP contribution >= 0.6 is 0 Å². The fourth-order valence-corrected chi connectivity index (χ4v) is 4.21. The van der Waals surface area contributed by atoms with Gasteiger partial charge in [-0.05, 0) is 29.3 Å². The van der Waals surface area contributed by atoms with E-state index in [1.54, 1.807) is 20.5 Å². The zero-order valence-electron chi connectivity index (χ0n) is 18.2. The van der Waals surface area contributed by atoms with Crippen LogP contribution < -0.4 is 19.1 Å². The lowest BCUT2D eigenvalue weighted by atomic mass is 10.1. The first kappa shape index (κ1) is 20.1. The third-order valence-corrected chi connectivity index (χ3v) is 5.81. The van der Waals surface area contributed by atoms with Crippen LogP contribution in [-0.4, -0.2) is 43.4 Å². The Labute approximate surface area is 187 Å². The molecule has 0 amide bonds. The molecule has 0 aliphatic carbocycles. The molecule has 5 rings (SSSR count). The van der Waals surface area contributed by atoms with Crippen molar-refractivity contribution in [1.29, 1.82) is 0 Å². The van der Waals surface area contributed by atoms with Gasteiger partial charge in [0.25, 0.3) is 0 Å². The number of methoxy groups -OCH3 is 2. The molecule has 0 spiro atoms. The van der Waals surface area contributed by atoms with Gasteiger partial charge in [0.05, 0.1) is 26.3 Å². The number of aromatic nitrogens is 2. The Balaban J connectivity index is 1.36. The Morgan fingerprint density at radius 2 is 1.62 bits per heavy atom. The van der Waals surface area contributed by atoms with E-state index in [0.29, 0.717) is 11.5 Å². The van der Waals surface area contributed by atoms with Gasteiger partial charge in [-0.25, -0.2) is 9.97 Å².